The van der Waals surface area contributed by atoms with Gasteiger partial charge in [-0.15, -0.1) is 0 Å². The normalized spacial score (nSPS) is 10.3. The van der Waals surface area contributed by atoms with Gasteiger partial charge in [0.2, 0.25) is 0 Å². The molecule has 0 saturated heterocycles. The Labute approximate surface area is 128 Å². The first-order chi connectivity index (χ1) is 10.8. The zero-order chi connectivity index (χ0) is 15.4. The van der Waals surface area contributed by atoms with Crippen LogP contribution in [0.4, 0.5) is 0 Å². The van der Waals surface area contributed by atoms with E-state index in [0.29, 0.717) is 17.3 Å². The van der Waals surface area contributed by atoms with Crippen molar-refractivity contribution in [3.8, 4) is 28.6 Å². The molecule has 112 valence electrons. The quantitative estimate of drug-likeness (QED) is 0.724. The van der Waals surface area contributed by atoms with E-state index in [4.69, 9.17) is 14.3 Å². The number of hydrogen-bond donors (Lipinski definition) is 0. The van der Waals surface area contributed by atoms with Gasteiger partial charge in [-0.25, -0.2) is 4.98 Å². The van der Waals surface area contributed by atoms with Crippen LogP contribution in [0.3, 0.4) is 0 Å². The molecule has 0 saturated carbocycles. The van der Waals surface area contributed by atoms with Gasteiger partial charge in [-0.05, 0) is 36.4 Å². The van der Waals surface area contributed by atoms with Crippen molar-refractivity contribution in [3.63, 3.8) is 0 Å². The lowest BCUT2D eigenvalue weighted by Gasteiger charge is -2.12. The van der Waals surface area contributed by atoms with Crippen molar-refractivity contribution in [2.24, 2.45) is 0 Å². The lowest BCUT2D eigenvalue weighted by molar-refractivity contribution is 0.209. The highest BCUT2D eigenvalue weighted by Gasteiger charge is 2.10. The minimum absolute atomic E-state index is 0.623. The number of nitrogens with zero attached hydrogens (tertiary/aromatic N) is 2. The summed E-state index contributed by atoms with van der Waals surface area (Å²) in [6.07, 6.45) is 3.45. The molecule has 1 aromatic heterocycles. The maximum absolute atomic E-state index is 5.88. The number of rotatable bonds is 5. The molecule has 0 fully saturated rings. The molecule has 22 heavy (non-hydrogen) atoms. The number of aromatic nitrogens is 2. The Hall–Kier alpha value is -2.95. The summed E-state index contributed by atoms with van der Waals surface area (Å²) in [6.45, 7) is 0. The third-order valence-corrected chi connectivity index (χ3v) is 3.22. The molecule has 5 heteroatoms. The first kappa shape index (κ1) is 14.0. The van der Waals surface area contributed by atoms with Crippen LogP contribution in [0.5, 0.6) is 17.2 Å². The largest absolute Gasteiger partial charge is 0.497 e. The van der Waals surface area contributed by atoms with Crippen molar-refractivity contribution in [2.45, 2.75) is 0 Å². The van der Waals surface area contributed by atoms with Crippen molar-refractivity contribution >= 4 is 0 Å². The molecule has 0 aliphatic carbocycles. The SMILES string of the molecule is COc1ccc(-c2nccn2Oc2ccccc2OC)cc1. The fourth-order valence-corrected chi connectivity index (χ4v) is 2.11. The highest BCUT2D eigenvalue weighted by atomic mass is 16.7. The predicted molar refractivity (Wildman–Crippen MR) is 83.2 cm³/mol. The lowest BCUT2D eigenvalue weighted by Crippen LogP contribution is -2.07. The molecular weight excluding hydrogens is 280 g/mol. The Morgan fingerprint density at radius 2 is 1.59 bits per heavy atom. The van der Waals surface area contributed by atoms with E-state index >= 15 is 0 Å². The second kappa shape index (κ2) is 6.22. The first-order valence-electron chi connectivity index (χ1n) is 6.81. The van der Waals surface area contributed by atoms with Crippen LogP contribution in [0.1, 0.15) is 0 Å². The Morgan fingerprint density at radius 1 is 0.864 bits per heavy atom. The molecule has 5 nitrogen and oxygen atoms in total. The maximum Gasteiger partial charge on any atom is 0.197 e. The smallest absolute Gasteiger partial charge is 0.197 e. The van der Waals surface area contributed by atoms with E-state index in [9.17, 15) is 0 Å². The first-order valence-corrected chi connectivity index (χ1v) is 6.81. The molecule has 0 unspecified atom stereocenters. The molecule has 3 aromatic rings. The molecule has 0 spiro atoms. The zero-order valence-electron chi connectivity index (χ0n) is 12.4. The molecule has 0 amide bonds. The van der Waals surface area contributed by atoms with E-state index in [2.05, 4.69) is 4.98 Å². The molecule has 2 aromatic carbocycles. The van der Waals surface area contributed by atoms with Gasteiger partial charge < -0.3 is 14.3 Å². The summed E-state index contributed by atoms with van der Waals surface area (Å²) in [6, 6.07) is 15.1. The highest BCUT2D eigenvalue weighted by Crippen LogP contribution is 2.28. The fraction of sp³-hybridized carbons (Fsp3) is 0.118. The molecule has 0 aliphatic rings. The molecule has 1 heterocycles. The summed E-state index contributed by atoms with van der Waals surface area (Å²) in [7, 11) is 3.25. The Morgan fingerprint density at radius 3 is 2.27 bits per heavy atom. The van der Waals surface area contributed by atoms with Crippen LogP contribution in [-0.4, -0.2) is 23.9 Å². The molecule has 3 rings (SSSR count). The second-order valence-electron chi connectivity index (χ2n) is 4.55. The maximum atomic E-state index is 5.88. The molecule has 0 aliphatic heterocycles. The Kier molecular flexibility index (Phi) is 3.96. The monoisotopic (exact) mass is 296 g/mol. The van der Waals surface area contributed by atoms with Crippen LogP contribution in [0.25, 0.3) is 11.4 Å². The molecule has 0 bridgehead atoms. The van der Waals surface area contributed by atoms with Crippen LogP contribution in [0.2, 0.25) is 0 Å². The zero-order valence-corrected chi connectivity index (χ0v) is 12.4. The van der Waals surface area contributed by atoms with Gasteiger partial charge in [-0.2, -0.15) is 4.73 Å². The van der Waals surface area contributed by atoms with Crippen LogP contribution < -0.4 is 14.3 Å². The van der Waals surface area contributed by atoms with Gasteiger partial charge in [0.05, 0.1) is 20.4 Å². The third-order valence-electron chi connectivity index (χ3n) is 3.22. The van der Waals surface area contributed by atoms with E-state index in [0.717, 1.165) is 11.3 Å². The number of ether oxygens (including phenoxy) is 2. The topological polar surface area (TPSA) is 45.5 Å². The van der Waals surface area contributed by atoms with Crippen LogP contribution in [0, 0.1) is 0 Å². The minimum Gasteiger partial charge on any atom is -0.497 e. The van der Waals surface area contributed by atoms with Gasteiger partial charge in [0.25, 0.3) is 0 Å². The predicted octanol–water partition coefficient (Wildman–Crippen LogP) is 3.41. The van der Waals surface area contributed by atoms with Crippen molar-refractivity contribution < 1.29 is 14.3 Å². The van der Waals surface area contributed by atoms with Gasteiger partial charge in [-0.3, -0.25) is 0 Å². The van der Waals surface area contributed by atoms with E-state index in [-0.39, 0.29) is 0 Å². The highest BCUT2D eigenvalue weighted by molar-refractivity contribution is 5.56. The lowest BCUT2D eigenvalue weighted by atomic mass is 10.2. The Bertz CT molecular complexity index is 751. The number of imidazole rings is 1. The summed E-state index contributed by atoms with van der Waals surface area (Å²) in [5.74, 6) is 2.79. The number of benzene rings is 2. The van der Waals surface area contributed by atoms with Crippen molar-refractivity contribution in [3.05, 3.63) is 60.9 Å². The molecule has 0 atom stereocenters. The van der Waals surface area contributed by atoms with Gasteiger partial charge in [0, 0.05) is 11.8 Å². The van der Waals surface area contributed by atoms with E-state index in [1.165, 1.54) is 0 Å². The second-order valence-corrected chi connectivity index (χ2v) is 4.55. The van der Waals surface area contributed by atoms with E-state index in [1.807, 2.05) is 48.5 Å². The summed E-state index contributed by atoms with van der Waals surface area (Å²) in [4.78, 5) is 10.2. The van der Waals surface area contributed by atoms with Crippen molar-refractivity contribution in [1.82, 2.24) is 9.71 Å². The fourth-order valence-electron chi connectivity index (χ4n) is 2.11. The third kappa shape index (κ3) is 2.74. The van der Waals surface area contributed by atoms with Gasteiger partial charge in [0.1, 0.15) is 5.75 Å². The summed E-state index contributed by atoms with van der Waals surface area (Å²) in [5, 5.41) is 0. The average molecular weight is 296 g/mol. The van der Waals surface area contributed by atoms with Gasteiger partial charge in [0.15, 0.2) is 17.3 Å². The van der Waals surface area contributed by atoms with Crippen LogP contribution >= 0.6 is 0 Å². The van der Waals surface area contributed by atoms with Gasteiger partial charge in [-0.1, -0.05) is 12.1 Å². The minimum atomic E-state index is 0.623. The summed E-state index contributed by atoms with van der Waals surface area (Å²) >= 11 is 0. The number of hydrogen-bond acceptors (Lipinski definition) is 4. The number of para-hydroxylation sites is 2. The van der Waals surface area contributed by atoms with Gasteiger partial charge >= 0.3 is 0 Å². The summed E-state index contributed by atoms with van der Waals surface area (Å²) < 4.78 is 12.1. The standard InChI is InChI=1S/C17H16N2O3/c1-20-14-9-7-13(8-10-14)17-18-11-12-19(17)22-16-6-4-3-5-15(16)21-2/h3-12H,1-2H3. The number of methoxy groups -OCH3 is 2. The van der Waals surface area contributed by atoms with Crippen molar-refractivity contribution in [1.29, 1.82) is 0 Å². The molecule has 0 N–H and O–H groups in total. The van der Waals surface area contributed by atoms with Crippen LogP contribution in [0.15, 0.2) is 60.9 Å². The van der Waals surface area contributed by atoms with Crippen LogP contribution in [-0.2, 0) is 0 Å². The average Bonchev–Trinajstić information content (AvgIpc) is 3.03. The Balaban J connectivity index is 1.91. The molecular formula is C17H16N2O3. The van der Waals surface area contributed by atoms with Crippen molar-refractivity contribution in [2.75, 3.05) is 14.2 Å². The van der Waals surface area contributed by atoms with E-state index in [1.54, 1.807) is 31.3 Å². The molecule has 0 radical (unpaired) electrons. The summed E-state index contributed by atoms with van der Waals surface area (Å²) in [5.41, 5.74) is 0.931. The van der Waals surface area contributed by atoms with E-state index < -0.39 is 0 Å².